The molecule has 1 aromatic rings. The van der Waals surface area contributed by atoms with Gasteiger partial charge in [-0.15, -0.1) is 0 Å². The Bertz CT molecular complexity index is 352. The van der Waals surface area contributed by atoms with E-state index in [0.29, 0.717) is 11.8 Å². The molecule has 0 N–H and O–H groups in total. The summed E-state index contributed by atoms with van der Waals surface area (Å²) < 4.78 is 6.00. The van der Waals surface area contributed by atoms with Crippen LogP contribution in [0.2, 0.25) is 0 Å². The molecule has 1 heterocycles. The third kappa shape index (κ3) is 2.01. The van der Waals surface area contributed by atoms with Crippen LogP contribution in [0.1, 0.15) is 45.6 Å². The third-order valence-corrected chi connectivity index (χ3v) is 3.22. The Kier molecular flexibility index (Phi) is 2.49. The highest BCUT2D eigenvalue weighted by Gasteiger charge is 2.34. The summed E-state index contributed by atoms with van der Waals surface area (Å²) >= 11 is 0. The first kappa shape index (κ1) is 10.5. The predicted molar refractivity (Wildman–Crippen MR) is 63.3 cm³/mol. The summed E-state index contributed by atoms with van der Waals surface area (Å²) in [6, 6.07) is 8.45. The van der Waals surface area contributed by atoms with Crippen LogP contribution >= 0.6 is 0 Å². The Morgan fingerprint density at radius 1 is 1.27 bits per heavy atom. The van der Waals surface area contributed by atoms with Crippen molar-refractivity contribution in [2.24, 2.45) is 5.92 Å². The molecule has 1 aromatic carbocycles. The number of hydrogen-bond donors (Lipinski definition) is 0. The zero-order chi connectivity index (χ0) is 11.1. The summed E-state index contributed by atoms with van der Waals surface area (Å²) in [5, 5.41) is 0. The first-order valence-corrected chi connectivity index (χ1v) is 5.77. The maximum absolute atomic E-state index is 6.00. The molecule has 82 valence electrons. The molecule has 0 saturated carbocycles. The SMILES string of the molecule is CC(C)C1CC(C)(C)Oc2ccccc21. The minimum atomic E-state index is -0.0245. The van der Waals surface area contributed by atoms with Gasteiger partial charge >= 0.3 is 0 Å². The minimum absolute atomic E-state index is 0.0245. The van der Waals surface area contributed by atoms with Gasteiger partial charge in [0.2, 0.25) is 0 Å². The van der Waals surface area contributed by atoms with E-state index in [1.807, 2.05) is 0 Å². The van der Waals surface area contributed by atoms with Crippen LogP contribution in [0.15, 0.2) is 24.3 Å². The molecule has 0 aliphatic carbocycles. The molecular formula is C14H20O. The lowest BCUT2D eigenvalue weighted by atomic mass is 9.78. The molecule has 0 fully saturated rings. The minimum Gasteiger partial charge on any atom is -0.488 e. The predicted octanol–water partition coefficient (Wildman–Crippen LogP) is 3.99. The second kappa shape index (κ2) is 3.55. The quantitative estimate of drug-likeness (QED) is 0.672. The van der Waals surface area contributed by atoms with Gasteiger partial charge in [0.15, 0.2) is 0 Å². The summed E-state index contributed by atoms with van der Waals surface area (Å²) in [5.74, 6) is 2.38. The topological polar surface area (TPSA) is 9.23 Å². The molecule has 1 aliphatic rings. The van der Waals surface area contributed by atoms with Crippen molar-refractivity contribution >= 4 is 0 Å². The lowest BCUT2D eigenvalue weighted by Gasteiger charge is -2.39. The monoisotopic (exact) mass is 204 g/mol. The van der Waals surface area contributed by atoms with E-state index in [-0.39, 0.29) is 5.60 Å². The van der Waals surface area contributed by atoms with Crippen molar-refractivity contribution in [3.63, 3.8) is 0 Å². The fourth-order valence-corrected chi connectivity index (χ4v) is 2.45. The maximum Gasteiger partial charge on any atom is 0.123 e. The second-order valence-corrected chi connectivity index (χ2v) is 5.45. The van der Waals surface area contributed by atoms with E-state index >= 15 is 0 Å². The molecule has 0 radical (unpaired) electrons. The van der Waals surface area contributed by atoms with E-state index in [9.17, 15) is 0 Å². The molecule has 1 nitrogen and oxygen atoms in total. The van der Waals surface area contributed by atoms with Crippen molar-refractivity contribution in [3.05, 3.63) is 29.8 Å². The van der Waals surface area contributed by atoms with Crippen molar-refractivity contribution in [2.45, 2.75) is 45.6 Å². The third-order valence-electron chi connectivity index (χ3n) is 3.22. The van der Waals surface area contributed by atoms with Crippen LogP contribution in [0.5, 0.6) is 5.75 Å². The highest BCUT2D eigenvalue weighted by molar-refractivity contribution is 5.39. The highest BCUT2D eigenvalue weighted by atomic mass is 16.5. The van der Waals surface area contributed by atoms with Crippen LogP contribution in [-0.2, 0) is 0 Å². The lowest BCUT2D eigenvalue weighted by Crippen LogP contribution is -2.36. The summed E-state index contributed by atoms with van der Waals surface area (Å²) in [7, 11) is 0. The summed E-state index contributed by atoms with van der Waals surface area (Å²) in [6.07, 6.45) is 1.11. The van der Waals surface area contributed by atoms with Gasteiger partial charge in [0.05, 0.1) is 0 Å². The highest BCUT2D eigenvalue weighted by Crippen LogP contribution is 2.43. The largest absolute Gasteiger partial charge is 0.488 e. The van der Waals surface area contributed by atoms with Gasteiger partial charge in [-0.3, -0.25) is 0 Å². The maximum atomic E-state index is 6.00. The Hall–Kier alpha value is -0.980. The van der Waals surface area contributed by atoms with Gasteiger partial charge in [0.25, 0.3) is 0 Å². The van der Waals surface area contributed by atoms with Gasteiger partial charge in [-0.25, -0.2) is 0 Å². The van der Waals surface area contributed by atoms with Gasteiger partial charge in [0.1, 0.15) is 11.4 Å². The molecule has 1 heteroatoms. The Morgan fingerprint density at radius 2 is 1.93 bits per heavy atom. The number of rotatable bonds is 1. The molecule has 0 aromatic heterocycles. The van der Waals surface area contributed by atoms with E-state index in [2.05, 4.69) is 52.0 Å². The van der Waals surface area contributed by atoms with Crippen molar-refractivity contribution in [1.82, 2.24) is 0 Å². The van der Waals surface area contributed by atoms with Crippen LogP contribution in [0.4, 0.5) is 0 Å². The van der Waals surface area contributed by atoms with E-state index < -0.39 is 0 Å². The fourth-order valence-electron chi connectivity index (χ4n) is 2.45. The lowest BCUT2D eigenvalue weighted by molar-refractivity contribution is 0.0640. The summed E-state index contributed by atoms with van der Waals surface area (Å²) in [6.45, 7) is 8.95. The Morgan fingerprint density at radius 3 is 2.60 bits per heavy atom. The van der Waals surface area contributed by atoms with Crippen LogP contribution in [0.3, 0.4) is 0 Å². The molecule has 1 atom stereocenters. The Balaban J connectivity index is 2.43. The standard InChI is InChI=1S/C14H20O/c1-10(2)12-9-14(3,4)15-13-8-6-5-7-11(12)13/h5-8,10,12H,9H2,1-4H3. The Labute approximate surface area is 92.5 Å². The molecule has 2 rings (SSSR count). The van der Waals surface area contributed by atoms with Crippen LogP contribution in [-0.4, -0.2) is 5.60 Å². The van der Waals surface area contributed by atoms with Crippen molar-refractivity contribution < 1.29 is 4.74 Å². The van der Waals surface area contributed by atoms with Crippen LogP contribution in [0.25, 0.3) is 0 Å². The molecule has 0 amide bonds. The smallest absolute Gasteiger partial charge is 0.123 e. The fraction of sp³-hybridized carbons (Fsp3) is 0.571. The molecule has 0 spiro atoms. The van der Waals surface area contributed by atoms with Crippen molar-refractivity contribution in [2.75, 3.05) is 0 Å². The molecule has 1 aliphatic heterocycles. The van der Waals surface area contributed by atoms with Gasteiger partial charge < -0.3 is 4.74 Å². The van der Waals surface area contributed by atoms with E-state index in [0.717, 1.165) is 12.2 Å². The van der Waals surface area contributed by atoms with Crippen molar-refractivity contribution in [3.8, 4) is 5.75 Å². The summed E-state index contributed by atoms with van der Waals surface area (Å²) in [5.41, 5.74) is 1.36. The van der Waals surface area contributed by atoms with Crippen LogP contribution in [0, 0.1) is 5.92 Å². The van der Waals surface area contributed by atoms with Gasteiger partial charge in [-0.2, -0.15) is 0 Å². The van der Waals surface area contributed by atoms with Gasteiger partial charge in [0, 0.05) is 0 Å². The zero-order valence-corrected chi connectivity index (χ0v) is 10.1. The first-order chi connectivity index (χ1) is 6.99. The average Bonchev–Trinajstić information content (AvgIpc) is 2.14. The molecule has 1 unspecified atom stereocenters. The van der Waals surface area contributed by atoms with E-state index in [1.54, 1.807) is 0 Å². The normalized spacial score (nSPS) is 23.4. The first-order valence-electron chi connectivity index (χ1n) is 5.77. The molecule has 0 bridgehead atoms. The number of para-hydroxylation sites is 1. The van der Waals surface area contributed by atoms with Gasteiger partial charge in [-0.05, 0) is 43.7 Å². The van der Waals surface area contributed by atoms with E-state index in [1.165, 1.54) is 5.56 Å². The number of benzene rings is 1. The number of fused-ring (bicyclic) bond motifs is 1. The average molecular weight is 204 g/mol. The summed E-state index contributed by atoms with van der Waals surface area (Å²) in [4.78, 5) is 0. The number of hydrogen-bond acceptors (Lipinski definition) is 1. The molecule has 15 heavy (non-hydrogen) atoms. The van der Waals surface area contributed by atoms with Crippen LogP contribution < -0.4 is 4.74 Å². The van der Waals surface area contributed by atoms with E-state index in [4.69, 9.17) is 4.74 Å². The number of ether oxygens (including phenoxy) is 1. The van der Waals surface area contributed by atoms with Crippen molar-refractivity contribution in [1.29, 1.82) is 0 Å². The zero-order valence-electron chi connectivity index (χ0n) is 10.1. The second-order valence-electron chi connectivity index (χ2n) is 5.45. The molecule has 0 saturated heterocycles. The molecular weight excluding hydrogens is 184 g/mol. The van der Waals surface area contributed by atoms with Gasteiger partial charge in [-0.1, -0.05) is 32.0 Å².